The van der Waals surface area contributed by atoms with Crippen LogP contribution in [-0.2, 0) is 28.6 Å². The number of allylic oxidation sites excluding steroid dienone is 6. The Labute approximate surface area is 372 Å². The minimum absolute atomic E-state index is 0.0724. The van der Waals surface area contributed by atoms with Gasteiger partial charge in [0.2, 0.25) is 0 Å². The van der Waals surface area contributed by atoms with E-state index in [-0.39, 0.29) is 31.1 Å². The smallest absolute Gasteiger partial charge is 0.306 e. The first kappa shape index (κ1) is 57.6. The van der Waals surface area contributed by atoms with Gasteiger partial charge < -0.3 is 14.2 Å². The summed E-state index contributed by atoms with van der Waals surface area (Å²) in [6, 6.07) is 0. The van der Waals surface area contributed by atoms with Crippen LogP contribution < -0.4 is 0 Å². The van der Waals surface area contributed by atoms with Crippen molar-refractivity contribution < 1.29 is 28.6 Å². The molecule has 0 aliphatic rings. The van der Waals surface area contributed by atoms with Gasteiger partial charge in [-0.1, -0.05) is 231 Å². The summed E-state index contributed by atoms with van der Waals surface area (Å²) in [5.41, 5.74) is 0. The number of hydrogen-bond acceptors (Lipinski definition) is 6. The highest BCUT2D eigenvalue weighted by atomic mass is 16.6. The van der Waals surface area contributed by atoms with Crippen LogP contribution in [0.25, 0.3) is 0 Å². The molecular weight excluding hydrogens is 745 g/mol. The molecule has 0 aromatic heterocycles. The van der Waals surface area contributed by atoms with Crippen molar-refractivity contribution in [3.05, 3.63) is 36.5 Å². The largest absolute Gasteiger partial charge is 0.462 e. The lowest BCUT2D eigenvalue weighted by Gasteiger charge is -2.18. The van der Waals surface area contributed by atoms with Crippen molar-refractivity contribution in [1.82, 2.24) is 0 Å². The molecule has 0 saturated heterocycles. The van der Waals surface area contributed by atoms with Gasteiger partial charge in [-0.25, -0.2) is 0 Å². The summed E-state index contributed by atoms with van der Waals surface area (Å²) in [6.45, 7) is 6.61. The van der Waals surface area contributed by atoms with Crippen LogP contribution in [0.2, 0.25) is 0 Å². The van der Waals surface area contributed by atoms with Crippen LogP contribution >= 0.6 is 0 Å². The Kier molecular flexibility index (Phi) is 47.3. The third kappa shape index (κ3) is 46.7. The standard InChI is InChI=1S/C54H98O6/c1-4-7-10-13-16-19-22-24-25-26-27-28-29-30-33-35-38-41-44-47-53(56)59-50-51(49-58-52(55)46-43-40-37-34-31-21-18-15-12-9-6-3)60-54(57)48-45-42-39-36-32-23-20-17-14-11-8-5-2/h16,19,24-25,27-28,51H,4-15,17-18,20-23,26,29-50H2,1-3H3/b19-16-,25-24-,28-27-/t51-/m1/s1. The molecule has 6 heteroatoms. The number of esters is 3. The summed E-state index contributed by atoms with van der Waals surface area (Å²) < 4.78 is 16.8. The van der Waals surface area contributed by atoms with Crippen molar-refractivity contribution in [3.8, 4) is 0 Å². The summed E-state index contributed by atoms with van der Waals surface area (Å²) in [6.07, 6.45) is 56.9. The van der Waals surface area contributed by atoms with Gasteiger partial charge in [-0.3, -0.25) is 14.4 Å². The Morgan fingerprint density at radius 1 is 0.333 bits per heavy atom. The zero-order valence-electron chi connectivity index (χ0n) is 40.0. The van der Waals surface area contributed by atoms with E-state index in [1.165, 1.54) is 154 Å². The fourth-order valence-corrected chi connectivity index (χ4v) is 7.45. The fourth-order valence-electron chi connectivity index (χ4n) is 7.45. The molecule has 0 heterocycles. The minimum Gasteiger partial charge on any atom is -0.462 e. The molecule has 60 heavy (non-hydrogen) atoms. The van der Waals surface area contributed by atoms with Crippen molar-refractivity contribution in [2.24, 2.45) is 0 Å². The Balaban J connectivity index is 4.32. The van der Waals surface area contributed by atoms with E-state index in [1.54, 1.807) is 0 Å². The van der Waals surface area contributed by atoms with Crippen molar-refractivity contribution >= 4 is 17.9 Å². The van der Waals surface area contributed by atoms with Crippen molar-refractivity contribution in [1.29, 1.82) is 0 Å². The number of carbonyl (C=O) groups is 3. The van der Waals surface area contributed by atoms with Crippen LogP contribution in [0.1, 0.15) is 271 Å². The van der Waals surface area contributed by atoms with Crippen LogP contribution in [0.3, 0.4) is 0 Å². The van der Waals surface area contributed by atoms with E-state index in [9.17, 15) is 14.4 Å². The zero-order chi connectivity index (χ0) is 43.7. The van der Waals surface area contributed by atoms with E-state index in [0.717, 1.165) is 77.0 Å². The molecule has 0 rings (SSSR count). The zero-order valence-corrected chi connectivity index (χ0v) is 40.0. The molecule has 0 saturated carbocycles. The lowest BCUT2D eigenvalue weighted by molar-refractivity contribution is -0.167. The molecule has 350 valence electrons. The molecule has 0 bridgehead atoms. The second-order valence-corrected chi connectivity index (χ2v) is 17.4. The highest BCUT2D eigenvalue weighted by Crippen LogP contribution is 2.15. The number of unbranched alkanes of at least 4 members (excludes halogenated alkanes) is 30. The number of hydrogen-bond donors (Lipinski definition) is 0. The van der Waals surface area contributed by atoms with Crippen molar-refractivity contribution in [2.45, 2.75) is 277 Å². The minimum atomic E-state index is -0.771. The maximum absolute atomic E-state index is 12.8. The molecular formula is C54H98O6. The Hall–Kier alpha value is -2.37. The molecule has 0 N–H and O–H groups in total. The molecule has 0 aromatic rings. The first-order valence-corrected chi connectivity index (χ1v) is 26.0. The summed E-state index contributed by atoms with van der Waals surface area (Å²) in [5, 5.41) is 0. The summed E-state index contributed by atoms with van der Waals surface area (Å²) in [5.74, 6) is -0.876. The average Bonchev–Trinajstić information content (AvgIpc) is 3.24. The Bertz CT molecular complexity index is 1020. The summed E-state index contributed by atoms with van der Waals surface area (Å²) >= 11 is 0. The molecule has 0 amide bonds. The predicted molar refractivity (Wildman–Crippen MR) is 256 cm³/mol. The molecule has 0 aliphatic carbocycles. The van der Waals surface area contributed by atoms with Gasteiger partial charge in [0, 0.05) is 19.3 Å². The van der Waals surface area contributed by atoms with E-state index in [1.807, 2.05) is 0 Å². The summed E-state index contributed by atoms with van der Waals surface area (Å²) in [4.78, 5) is 37.9. The third-order valence-electron chi connectivity index (χ3n) is 11.4. The molecule has 6 nitrogen and oxygen atoms in total. The third-order valence-corrected chi connectivity index (χ3v) is 11.4. The van der Waals surface area contributed by atoms with E-state index in [2.05, 4.69) is 57.2 Å². The molecule has 0 spiro atoms. The van der Waals surface area contributed by atoms with Crippen LogP contribution in [0, 0.1) is 0 Å². The van der Waals surface area contributed by atoms with Gasteiger partial charge in [-0.2, -0.15) is 0 Å². The SMILES string of the molecule is CCCCC/C=C\C/C=C\C/C=C\CCCCCCCCC(=O)OC[C@@H](COC(=O)CCCCCCCCCCCCC)OC(=O)CCCCCCCCCCCCCC. The first-order chi connectivity index (χ1) is 29.5. The topological polar surface area (TPSA) is 78.9 Å². The lowest BCUT2D eigenvalue weighted by atomic mass is 10.0. The highest BCUT2D eigenvalue weighted by molar-refractivity contribution is 5.71. The van der Waals surface area contributed by atoms with Crippen molar-refractivity contribution in [2.75, 3.05) is 13.2 Å². The van der Waals surface area contributed by atoms with Crippen LogP contribution in [0.15, 0.2) is 36.5 Å². The van der Waals surface area contributed by atoms with Gasteiger partial charge in [0.15, 0.2) is 6.10 Å². The number of ether oxygens (including phenoxy) is 3. The number of carbonyl (C=O) groups excluding carboxylic acids is 3. The fraction of sp³-hybridized carbons (Fsp3) is 0.833. The lowest BCUT2D eigenvalue weighted by Crippen LogP contribution is -2.30. The van der Waals surface area contributed by atoms with E-state index >= 15 is 0 Å². The molecule has 1 atom stereocenters. The van der Waals surface area contributed by atoms with Crippen molar-refractivity contribution in [3.63, 3.8) is 0 Å². The molecule has 0 aromatic carbocycles. The highest BCUT2D eigenvalue weighted by Gasteiger charge is 2.19. The molecule has 0 radical (unpaired) electrons. The Morgan fingerprint density at radius 2 is 0.600 bits per heavy atom. The second kappa shape index (κ2) is 49.3. The monoisotopic (exact) mass is 843 g/mol. The number of rotatable bonds is 47. The van der Waals surface area contributed by atoms with Gasteiger partial charge >= 0.3 is 17.9 Å². The van der Waals surface area contributed by atoms with E-state index in [0.29, 0.717) is 19.3 Å². The maximum atomic E-state index is 12.8. The normalized spacial score (nSPS) is 12.2. The quantitative estimate of drug-likeness (QED) is 0.0263. The van der Waals surface area contributed by atoms with Gasteiger partial charge in [-0.15, -0.1) is 0 Å². The van der Waals surface area contributed by atoms with Crippen LogP contribution in [-0.4, -0.2) is 37.2 Å². The maximum Gasteiger partial charge on any atom is 0.306 e. The van der Waals surface area contributed by atoms with Crippen LogP contribution in [0.5, 0.6) is 0 Å². The van der Waals surface area contributed by atoms with E-state index in [4.69, 9.17) is 14.2 Å². The molecule has 0 unspecified atom stereocenters. The van der Waals surface area contributed by atoms with Crippen LogP contribution in [0.4, 0.5) is 0 Å². The summed E-state index contributed by atoms with van der Waals surface area (Å²) in [7, 11) is 0. The van der Waals surface area contributed by atoms with Gasteiger partial charge in [-0.05, 0) is 57.8 Å². The van der Waals surface area contributed by atoms with E-state index < -0.39 is 6.10 Å². The van der Waals surface area contributed by atoms with Gasteiger partial charge in [0.05, 0.1) is 0 Å². The van der Waals surface area contributed by atoms with Gasteiger partial charge in [0.1, 0.15) is 13.2 Å². The Morgan fingerprint density at radius 3 is 0.967 bits per heavy atom. The first-order valence-electron chi connectivity index (χ1n) is 26.0. The molecule has 0 fully saturated rings. The molecule has 0 aliphatic heterocycles. The predicted octanol–water partition coefficient (Wildman–Crippen LogP) is 16.9. The van der Waals surface area contributed by atoms with Gasteiger partial charge in [0.25, 0.3) is 0 Å². The second-order valence-electron chi connectivity index (χ2n) is 17.4. The average molecular weight is 843 g/mol.